The number of anilines is 2. The molecule has 2 rings (SSSR count). The third-order valence-electron chi connectivity index (χ3n) is 2.71. The van der Waals surface area contributed by atoms with Gasteiger partial charge in [0.1, 0.15) is 11.9 Å². The first-order chi connectivity index (χ1) is 9.58. The first kappa shape index (κ1) is 14.3. The van der Waals surface area contributed by atoms with Crippen molar-refractivity contribution in [3.05, 3.63) is 35.7 Å². The van der Waals surface area contributed by atoms with Crippen LogP contribution in [0, 0.1) is 0 Å². The molecule has 2 aromatic rings. The normalized spacial score (nSPS) is 11.9. The molecule has 0 bridgehead atoms. The van der Waals surface area contributed by atoms with Crippen LogP contribution in [-0.2, 0) is 11.3 Å². The number of hydrogen-bond donors (Lipinski definition) is 2. The lowest BCUT2D eigenvalue weighted by molar-refractivity contribution is -0.116. The fourth-order valence-corrected chi connectivity index (χ4v) is 1.72. The summed E-state index contributed by atoms with van der Waals surface area (Å²) in [5.41, 5.74) is 0.804. The molecule has 0 radical (unpaired) electrons. The molecule has 1 atom stereocenters. The van der Waals surface area contributed by atoms with Gasteiger partial charge >= 0.3 is 0 Å². The Bertz CT molecular complexity index is 581. The van der Waals surface area contributed by atoms with Crippen molar-refractivity contribution in [3.8, 4) is 0 Å². The Morgan fingerprint density at radius 2 is 2.25 bits per heavy atom. The predicted molar refractivity (Wildman–Crippen MR) is 78.9 cm³/mol. The maximum atomic E-state index is 12.0. The van der Waals surface area contributed by atoms with Gasteiger partial charge in [-0.2, -0.15) is 5.10 Å². The van der Waals surface area contributed by atoms with Gasteiger partial charge in [0.2, 0.25) is 5.91 Å². The van der Waals surface area contributed by atoms with Gasteiger partial charge in [0.05, 0.1) is 16.9 Å². The van der Waals surface area contributed by atoms with Crippen molar-refractivity contribution in [2.45, 2.75) is 26.4 Å². The molecule has 0 fully saturated rings. The summed E-state index contributed by atoms with van der Waals surface area (Å²) in [6.45, 7) is 4.56. The molecule has 0 spiro atoms. The SMILES string of the molecule is CCn1cc(NC(C)C(=O)Nc2ccc(Cl)cn2)cn1. The van der Waals surface area contributed by atoms with Crippen molar-refractivity contribution in [1.29, 1.82) is 0 Å². The number of carbonyl (C=O) groups is 1. The van der Waals surface area contributed by atoms with Crippen LogP contribution in [0.5, 0.6) is 0 Å². The second kappa shape index (κ2) is 6.38. The van der Waals surface area contributed by atoms with Crippen LogP contribution in [-0.4, -0.2) is 26.7 Å². The monoisotopic (exact) mass is 293 g/mol. The predicted octanol–water partition coefficient (Wildman–Crippen LogP) is 2.39. The van der Waals surface area contributed by atoms with Crippen molar-refractivity contribution in [2.24, 2.45) is 0 Å². The summed E-state index contributed by atoms with van der Waals surface area (Å²) >= 11 is 5.74. The minimum Gasteiger partial charge on any atom is -0.371 e. The van der Waals surface area contributed by atoms with Gasteiger partial charge in [0.25, 0.3) is 0 Å². The summed E-state index contributed by atoms with van der Waals surface area (Å²) in [5, 5.41) is 10.5. The molecule has 6 nitrogen and oxygen atoms in total. The molecule has 0 saturated heterocycles. The summed E-state index contributed by atoms with van der Waals surface area (Å²) < 4.78 is 1.79. The quantitative estimate of drug-likeness (QED) is 0.888. The van der Waals surface area contributed by atoms with Crippen molar-refractivity contribution < 1.29 is 4.79 Å². The molecule has 0 aliphatic carbocycles. The zero-order valence-electron chi connectivity index (χ0n) is 11.3. The highest BCUT2D eigenvalue weighted by molar-refractivity contribution is 6.30. The number of amides is 1. The topological polar surface area (TPSA) is 71.8 Å². The third-order valence-corrected chi connectivity index (χ3v) is 2.94. The molecule has 0 aliphatic heterocycles. The minimum absolute atomic E-state index is 0.177. The smallest absolute Gasteiger partial charge is 0.247 e. The molecule has 1 amide bonds. The number of nitrogens with zero attached hydrogens (tertiary/aromatic N) is 3. The second-order valence-corrected chi connectivity index (χ2v) is 4.74. The number of halogens is 1. The molecule has 2 N–H and O–H groups in total. The van der Waals surface area contributed by atoms with E-state index in [4.69, 9.17) is 11.6 Å². The molecule has 2 heterocycles. The average Bonchev–Trinajstić information content (AvgIpc) is 2.89. The highest BCUT2D eigenvalue weighted by Gasteiger charge is 2.14. The average molecular weight is 294 g/mol. The number of rotatable bonds is 5. The van der Waals surface area contributed by atoms with Gasteiger partial charge in [-0.05, 0) is 26.0 Å². The number of aromatic nitrogens is 3. The van der Waals surface area contributed by atoms with Crippen LogP contribution >= 0.6 is 11.6 Å². The summed E-state index contributed by atoms with van der Waals surface area (Å²) in [7, 11) is 0. The standard InChI is InChI=1S/C13H16ClN5O/c1-3-19-8-11(7-16-19)17-9(2)13(20)18-12-5-4-10(14)6-15-12/h4-9,17H,3H2,1-2H3,(H,15,18,20). The maximum absolute atomic E-state index is 12.0. The van der Waals surface area contributed by atoms with Gasteiger partial charge in [-0.3, -0.25) is 9.48 Å². The number of aryl methyl sites for hydroxylation is 1. The zero-order chi connectivity index (χ0) is 14.5. The number of nitrogens with one attached hydrogen (secondary N) is 2. The van der Waals surface area contributed by atoms with Gasteiger partial charge in [-0.1, -0.05) is 11.6 Å². The van der Waals surface area contributed by atoms with Gasteiger partial charge in [0, 0.05) is 18.9 Å². The summed E-state index contributed by atoms with van der Waals surface area (Å²) in [5.74, 6) is 0.293. The zero-order valence-corrected chi connectivity index (χ0v) is 12.1. The summed E-state index contributed by atoms with van der Waals surface area (Å²) in [4.78, 5) is 16.0. The molecule has 7 heteroatoms. The summed E-state index contributed by atoms with van der Waals surface area (Å²) in [6, 6.07) is 2.93. The van der Waals surface area contributed by atoms with Crippen LogP contribution in [0.4, 0.5) is 11.5 Å². The van der Waals surface area contributed by atoms with Crippen molar-refractivity contribution in [2.75, 3.05) is 10.6 Å². The van der Waals surface area contributed by atoms with Crippen molar-refractivity contribution >= 4 is 29.0 Å². The van der Waals surface area contributed by atoms with Crippen molar-refractivity contribution in [1.82, 2.24) is 14.8 Å². The Morgan fingerprint density at radius 1 is 1.45 bits per heavy atom. The lowest BCUT2D eigenvalue weighted by Gasteiger charge is -2.13. The highest BCUT2D eigenvalue weighted by Crippen LogP contribution is 2.11. The van der Waals surface area contributed by atoms with E-state index in [1.165, 1.54) is 6.20 Å². The lowest BCUT2D eigenvalue weighted by atomic mass is 10.3. The Balaban J connectivity index is 1.93. The second-order valence-electron chi connectivity index (χ2n) is 4.30. The summed E-state index contributed by atoms with van der Waals surface area (Å²) in [6.07, 6.45) is 5.03. The van der Waals surface area contributed by atoms with Crippen LogP contribution < -0.4 is 10.6 Å². The Kier molecular flexibility index (Phi) is 4.57. The fourth-order valence-electron chi connectivity index (χ4n) is 1.61. The van der Waals surface area contributed by atoms with E-state index in [1.54, 1.807) is 29.9 Å². The van der Waals surface area contributed by atoms with Gasteiger partial charge in [-0.15, -0.1) is 0 Å². The highest BCUT2D eigenvalue weighted by atomic mass is 35.5. The van der Waals surface area contributed by atoms with Gasteiger partial charge < -0.3 is 10.6 Å². The van der Waals surface area contributed by atoms with Crippen molar-refractivity contribution in [3.63, 3.8) is 0 Å². The van der Waals surface area contributed by atoms with E-state index in [0.29, 0.717) is 10.8 Å². The molecule has 1 unspecified atom stereocenters. The Morgan fingerprint density at radius 3 is 2.85 bits per heavy atom. The van der Waals surface area contributed by atoms with Gasteiger partial charge in [0.15, 0.2) is 0 Å². The Labute approximate surface area is 122 Å². The van der Waals surface area contributed by atoms with E-state index >= 15 is 0 Å². The largest absolute Gasteiger partial charge is 0.371 e. The minimum atomic E-state index is -0.401. The van der Waals surface area contributed by atoms with Crippen LogP contribution in [0.25, 0.3) is 0 Å². The van der Waals surface area contributed by atoms with E-state index in [0.717, 1.165) is 12.2 Å². The molecular formula is C13H16ClN5O. The fraction of sp³-hybridized carbons (Fsp3) is 0.308. The molecular weight excluding hydrogens is 278 g/mol. The first-order valence-electron chi connectivity index (χ1n) is 6.30. The molecule has 0 aromatic carbocycles. The first-order valence-corrected chi connectivity index (χ1v) is 6.67. The van der Waals surface area contributed by atoms with Crippen LogP contribution in [0.1, 0.15) is 13.8 Å². The number of pyridine rings is 1. The molecule has 0 aliphatic rings. The van der Waals surface area contributed by atoms with E-state index in [1.807, 2.05) is 13.1 Å². The van der Waals surface area contributed by atoms with Crippen LogP contribution in [0.15, 0.2) is 30.7 Å². The van der Waals surface area contributed by atoms with Gasteiger partial charge in [-0.25, -0.2) is 4.98 Å². The van der Waals surface area contributed by atoms with E-state index < -0.39 is 6.04 Å². The number of carbonyl (C=O) groups excluding carboxylic acids is 1. The number of hydrogen-bond acceptors (Lipinski definition) is 4. The maximum Gasteiger partial charge on any atom is 0.247 e. The van der Waals surface area contributed by atoms with E-state index in [2.05, 4.69) is 20.7 Å². The van der Waals surface area contributed by atoms with E-state index in [9.17, 15) is 4.79 Å². The Hall–Kier alpha value is -2.08. The third kappa shape index (κ3) is 3.71. The molecule has 20 heavy (non-hydrogen) atoms. The van der Waals surface area contributed by atoms with Crippen LogP contribution in [0.2, 0.25) is 5.02 Å². The van der Waals surface area contributed by atoms with Crippen LogP contribution in [0.3, 0.4) is 0 Å². The molecule has 2 aromatic heterocycles. The molecule has 106 valence electrons. The van der Waals surface area contributed by atoms with E-state index in [-0.39, 0.29) is 5.91 Å². The lowest BCUT2D eigenvalue weighted by Crippen LogP contribution is -2.32. The molecule has 0 saturated carbocycles.